The summed E-state index contributed by atoms with van der Waals surface area (Å²) in [4.78, 5) is 34.9. The predicted molar refractivity (Wildman–Crippen MR) is 111 cm³/mol. The lowest BCUT2D eigenvalue weighted by Crippen LogP contribution is -2.29. The standard InChI is InChI=1S/C21H16N4O5S/c22-31(29,30)16-5-3-15(4-6-16)25-18(14-2-1-9-24-12-14)17(20(27)21(25)28)19(26)13-7-10-23-11-8-13/h1-12,18,26H,(H2,22,29,30)/b19-17+. The van der Waals surface area contributed by atoms with Crippen LogP contribution in [0.4, 0.5) is 5.69 Å². The zero-order chi connectivity index (χ0) is 22.2. The van der Waals surface area contributed by atoms with Crippen LogP contribution in [0.25, 0.3) is 5.76 Å². The largest absolute Gasteiger partial charge is 0.507 e. The summed E-state index contributed by atoms with van der Waals surface area (Å²) in [7, 11) is -3.93. The number of hydrogen-bond donors (Lipinski definition) is 2. The van der Waals surface area contributed by atoms with Crippen molar-refractivity contribution < 1.29 is 23.1 Å². The number of ketones is 1. The van der Waals surface area contributed by atoms with Crippen molar-refractivity contribution in [3.8, 4) is 0 Å². The molecule has 2 aromatic heterocycles. The summed E-state index contributed by atoms with van der Waals surface area (Å²) in [6.45, 7) is 0. The number of benzene rings is 1. The lowest BCUT2D eigenvalue weighted by Gasteiger charge is -2.25. The van der Waals surface area contributed by atoms with E-state index in [1.54, 1.807) is 18.3 Å². The van der Waals surface area contributed by atoms with E-state index in [1.807, 2.05) is 0 Å². The van der Waals surface area contributed by atoms with Crippen molar-refractivity contribution in [1.82, 2.24) is 9.97 Å². The quantitative estimate of drug-likeness (QED) is 0.360. The first-order valence-electron chi connectivity index (χ1n) is 9.03. The number of rotatable bonds is 4. The van der Waals surface area contributed by atoms with Gasteiger partial charge in [-0.2, -0.15) is 0 Å². The third-order valence-electron chi connectivity index (χ3n) is 4.84. The first kappa shape index (κ1) is 20.4. The van der Waals surface area contributed by atoms with Crippen LogP contribution in [0.3, 0.4) is 0 Å². The third kappa shape index (κ3) is 3.69. The Kier molecular flexibility index (Phi) is 5.09. The number of sulfonamides is 1. The van der Waals surface area contributed by atoms with Crippen LogP contribution in [0.5, 0.6) is 0 Å². The number of Topliss-reactive ketones (excluding diaryl/α,β-unsaturated/α-hetero) is 1. The fraction of sp³-hybridized carbons (Fsp3) is 0.0476. The van der Waals surface area contributed by atoms with Gasteiger partial charge >= 0.3 is 0 Å². The number of aromatic nitrogens is 2. The highest BCUT2D eigenvalue weighted by Gasteiger charge is 2.47. The molecule has 0 aliphatic carbocycles. The second-order valence-corrected chi connectivity index (χ2v) is 8.29. The molecule has 0 bridgehead atoms. The van der Waals surface area contributed by atoms with Gasteiger partial charge in [0, 0.05) is 36.0 Å². The van der Waals surface area contributed by atoms with Crippen LogP contribution in [0.1, 0.15) is 17.2 Å². The van der Waals surface area contributed by atoms with Gasteiger partial charge in [-0.15, -0.1) is 0 Å². The number of primary sulfonamides is 1. The van der Waals surface area contributed by atoms with E-state index < -0.39 is 27.8 Å². The minimum atomic E-state index is -3.93. The van der Waals surface area contributed by atoms with Gasteiger partial charge < -0.3 is 5.11 Å². The zero-order valence-electron chi connectivity index (χ0n) is 15.9. The topological polar surface area (TPSA) is 144 Å². The molecule has 9 nitrogen and oxygen atoms in total. The summed E-state index contributed by atoms with van der Waals surface area (Å²) in [5.74, 6) is -2.09. The highest BCUT2D eigenvalue weighted by molar-refractivity contribution is 7.89. The third-order valence-corrected chi connectivity index (χ3v) is 5.77. The summed E-state index contributed by atoms with van der Waals surface area (Å²) in [6, 6.07) is 10.6. The number of aliphatic hydroxyl groups is 1. The Labute approximate surface area is 177 Å². The number of amides is 1. The van der Waals surface area contributed by atoms with Crippen LogP contribution in [0, 0.1) is 0 Å². The molecule has 1 amide bonds. The highest BCUT2D eigenvalue weighted by atomic mass is 32.2. The van der Waals surface area contributed by atoms with E-state index in [2.05, 4.69) is 9.97 Å². The summed E-state index contributed by atoms with van der Waals surface area (Å²) < 4.78 is 23.1. The lowest BCUT2D eigenvalue weighted by atomic mass is 9.96. The molecule has 0 radical (unpaired) electrons. The summed E-state index contributed by atoms with van der Waals surface area (Å²) >= 11 is 0. The molecule has 4 rings (SSSR count). The Balaban J connectivity index is 1.91. The smallest absolute Gasteiger partial charge is 0.300 e. The van der Waals surface area contributed by atoms with Crippen molar-refractivity contribution in [3.63, 3.8) is 0 Å². The molecular formula is C21H16N4O5S. The molecule has 1 atom stereocenters. The normalized spacial score (nSPS) is 18.4. The lowest BCUT2D eigenvalue weighted by molar-refractivity contribution is -0.132. The maximum absolute atomic E-state index is 13.0. The van der Waals surface area contributed by atoms with Crippen molar-refractivity contribution in [2.24, 2.45) is 5.14 Å². The molecule has 31 heavy (non-hydrogen) atoms. The van der Waals surface area contributed by atoms with Gasteiger partial charge in [-0.1, -0.05) is 6.07 Å². The summed E-state index contributed by atoms with van der Waals surface area (Å²) in [5, 5.41) is 16.0. The van der Waals surface area contributed by atoms with E-state index in [-0.39, 0.29) is 21.9 Å². The SMILES string of the molecule is NS(=O)(=O)c1ccc(N2C(=O)C(=O)/C(=C(/O)c3ccncc3)C2c2cccnc2)cc1. The maximum atomic E-state index is 13.0. The monoisotopic (exact) mass is 436 g/mol. The number of pyridine rings is 2. The number of nitrogens with two attached hydrogens (primary N) is 1. The first-order valence-corrected chi connectivity index (χ1v) is 10.6. The van der Waals surface area contributed by atoms with Crippen molar-refractivity contribution in [2.75, 3.05) is 4.90 Å². The van der Waals surface area contributed by atoms with Gasteiger partial charge in [0.15, 0.2) is 0 Å². The van der Waals surface area contributed by atoms with Crippen molar-refractivity contribution >= 4 is 33.2 Å². The second kappa shape index (κ2) is 7.74. The fourth-order valence-electron chi connectivity index (χ4n) is 3.41. The van der Waals surface area contributed by atoms with Crippen LogP contribution >= 0.6 is 0 Å². The maximum Gasteiger partial charge on any atom is 0.300 e. The molecule has 3 aromatic rings. The number of carbonyl (C=O) groups excluding carboxylic acids is 2. The number of aliphatic hydroxyl groups excluding tert-OH is 1. The van der Waals surface area contributed by atoms with Crippen LogP contribution in [-0.4, -0.2) is 35.2 Å². The van der Waals surface area contributed by atoms with E-state index in [0.717, 1.165) is 0 Å². The highest BCUT2D eigenvalue weighted by Crippen LogP contribution is 2.41. The van der Waals surface area contributed by atoms with Crippen LogP contribution < -0.4 is 10.0 Å². The Bertz CT molecular complexity index is 1290. The Morgan fingerprint density at radius 3 is 2.23 bits per heavy atom. The Morgan fingerprint density at radius 2 is 1.65 bits per heavy atom. The molecule has 10 heteroatoms. The molecule has 156 valence electrons. The molecule has 1 aliphatic rings. The van der Waals surface area contributed by atoms with Gasteiger partial charge in [0.1, 0.15) is 5.76 Å². The van der Waals surface area contributed by atoms with Gasteiger partial charge in [-0.25, -0.2) is 13.6 Å². The Hall–Kier alpha value is -3.89. The van der Waals surface area contributed by atoms with Crippen molar-refractivity contribution in [2.45, 2.75) is 10.9 Å². The second-order valence-electron chi connectivity index (χ2n) is 6.73. The zero-order valence-corrected chi connectivity index (χ0v) is 16.7. The van der Waals surface area contributed by atoms with E-state index in [1.165, 1.54) is 59.9 Å². The van der Waals surface area contributed by atoms with E-state index in [4.69, 9.17) is 5.14 Å². The van der Waals surface area contributed by atoms with Crippen LogP contribution in [0.15, 0.2) is 83.8 Å². The molecule has 1 fully saturated rings. The Morgan fingerprint density at radius 1 is 0.968 bits per heavy atom. The molecule has 1 aliphatic heterocycles. The van der Waals surface area contributed by atoms with Gasteiger partial charge in [-0.05, 0) is 48.0 Å². The molecule has 1 aromatic carbocycles. The minimum absolute atomic E-state index is 0.111. The number of carbonyl (C=O) groups is 2. The molecule has 3 N–H and O–H groups in total. The van der Waals surface area contributed by atoms with Gasteiger partial charge in [-0.3, -0.25) is 24.5 Å². The van der Waals surface area contributed by atoms with Crippen LogP contribution in [0.2, 0.25) is 0 Å². The molecule has 0 spiro atoms. The van der Waals surface area contributed by atoms with Gasteiger partial charge in [0.2, 0.25) is 10.0 Å². The van der Waals surface area contributed by atoms with E-state index in [0.29, 0.717) is 11.1 Å². The average Bonchev–Trinajstić information content (AvgIpc) is 3.04. The predicted octanol–water partition coefficient (Wildman–Crippen LogP) is 1.75. The fourth-order valence-corrected chi connectivity index (χ4v) is 3.93. The van der Waals surface area contributed by atoms with E-state index >= 15 is 0 Å². The van der Waals surface area contributed by atoms with Crippen molar-refractivity contribution in [3.05, 3.63) is 90.0 Å². The summed E-state index contributed by atoms with van der Waals surface area (Å²) in [6.07, 6.45) is 5.94. The summed E-state index contributed by atoms with van der Waals surface area (Å²) in [5.41, 5.74) is 0.969. The van der Waals surface area contributed by atoms with Crippen LogP contribution in [-0.2, 0) is 19.6 Å². The van der Waals surface area contributed by atoms with Gasteiger partial charge in [0.05, 0.1) is 16.5 Å². The average molecular weight is 436 g/mol. The molecular weight excluding hydrogens is 420 g/mol. The van der Waals surface area contributed by atoms with E-state index in [9.17, 15) is 23.1 Å². The number of hydrogen-bond acceptors (Lipinski definition) is 7. The number of nitrogens with zero attached hydrogens (tertiary/aromatic N) is 3. The first-order chi connectivity index (χ1) is 14.8. The minimum Gasteiger partial charge on any atom is -0.507 e. The van der Waals surface area contributed by atoms with Gasteiger partial charge in [0.25, 0.3) is 11.7 Å². The molecule has 1 saturated heterocycles. The van der Waals surface area contributed by atoms with Crippen molar-refractivity contribution in [1.29, 1.82) is 0 Å². The number of anilines is 1. The molecule has 0 saturated carbocycles. The molecule has 1 unspecified atom stereocenters. The molecule has 3 heterocycles.